The fourth-order valence-corrected chi connectivity index (χ4v) is 2.51. The average molecular weight is 277 g/mol. The Bertz CT molecular complexity index is 439. The maximum atomic E-state index is 12.7. The second-order valence-corrected chi connectivity index (χ2v) is 5.21. The van der Waals surface area contributed by atoms with Gasteiger partial charge in [0.05, 0.1) is 7.11 Å². The molecule has 0 saturated carbocycles. The Hall–Kier alpha value is -1.59. The van der Waals surface area contributed by atoms with E-state index in [-0.39, 0.29) is 11.9 Å². The van der Waals surface area contributed by atoms with E-state index in [1.165, 1.54) is 0 Å². The van der Waals surface area contributed by atoms with E-state index in [2.05, 4.69) is 5.32 Å². The first kappa shape index (κ1) is 14.8. The highest BCUT2D eigenvalue weighted by Crippen LogP contribution is 2.23. The third-order valence-electron chi connectivity index (χ3n) is 3.61. The van der Waals surface area contributed by atoms with Gasteiger partial charge in [-0.05, 0) is 31.8 Å². The number of amides is 1. The van der Waals surface area contributed by atoms with Crippen LogP contribution in [-0.4, -0.2) is 63.1 Å². The number of benzene rings is 1. The topological polar surface area (TPSA) is 44.8 Å². The zero-order chi connectivity index (χ0) is 14.5. The summed E-state index contributed by atoms with van der Waals surface area (Å²) in [6, 6.07) is 7.49. The Labute approximate surface area is 120 Å². The van der Waals surface area contributed by atoms with Gasteiger partial charge in [-0.25, -0.2) is 0 Å². The van der Waals surface area contributed by atoms with Crippen molar-refractivity contribution in [3.05, 3.63) is 29.8 Å². The first-order chi connectivity index (χ1) is 9.63. The van der Waals surface area contributed by atoms with Crippen LogP contribution in [-0.2, 0) is 4.79 Å². The van der Waals surface area contributed by atoms with Gasteiger partial charge in [-0.3, -0.25) is 9.69 Å². The van der Waals surface area contributed by atoms with E-state index in [0.29, 0.717) is 0 Å². The second-order valence-electron chi connectivity index (χ2n) is 5.21. The van der Waals surface area contributed by atoms with E-state index in [4.69, 9.17) is 4.74 Å². The molecule has 1 atom stereocenters. The SMILES string of the molecule is COc1ccc(C(C(=O)N2CCNCC2)N(C)C)cc1. The smallest absolute Gasteiger partial charge is 0.244 e. The lowest BCUT2D eigenvalue weighted by Gasteiger charge is -2.33. The molecule has 5 nitrogen and oxygen atoms in total. The molecule has 1 N–H and O–H groups in total. The molecule has 1 saturated heterocycles. The number of carbonyl (C=O) groups excluding carboxylic acids is 1. The van der Waals surface area contributed by atoms with Crippen LogP contribution in [0.15, 0.2) is 24.3 Å². The van der Waals surface area contributed by atoms with Crippen molar-refractivity contribution in [3.63, 3.8) is 0 Å². The van der Waals surface area contributed by atoms with E-state index in [1.54, 1.807) is 7.11 Å². The van der Waals surface area contributed by atoms with E-state index in [0.717, 1.165) is 37.5 Å². The molecular weight excluding hydrogens is 254 g/mol. The Morgan fingerprint density at radius 2 is 1.85 bits per heavy atom. The van der Waals surface area contributed by atoms with Gasteiger partial charge < -0.3 is 15.0 Å². The van der Waals surface area contributed by atoms with Crippen LogP contribution in [0, 0.1) is 0 Å². The number of piperazine rings is 1. The zero-order valence-corrected chi connectivity index (χ0v) is 12.4. The van der Waals surface area contributed by atoms with Gasteiger partial charge in [-0.15, -0.1) is 0 Å². The van der Waals surface area contributed by atoms with Gasteiger partial charge in [-0.2, -0.15) is 0 Å². The minimum Gasteiger partial charge on any atom is -0.497 e. The summed E-state index contributed by atoms with van der Waals surface area (Å²) in [5.41, 5.74) is 0.999. The maximum absolute atomic E-state index is 12.7. The van der Waals surface area contributed by atoms with Gasteiger partial charge in [0.25, 0.3) is 0 Å². The molecule has 0 radical (unpaired) electrons. The third-order valence-corrected chi connectivity index (χ3v) is 3.61. The molecule has 1 aliphatic heterocycles. The molecule has 110 valence electrons. The summed E-state index contributed by atoms with van der Waals surface area (Å²) in [5.74, 6) is 0.975. The second kappa shape index (κ2) is 6.72. The predicted molar refractivity (Wildman–Crippen MR) is 78.9 cm³/mol. The van der Waals surface area contributed by atoms with Crippen molar-refractivity contribution in [2.75, 3.05) is 47.4 Å². The number of methoxy groups -OCH3 is 1. The lowest BCUT2D eigenvalue weighted by Crippen LogP contribution is -2.49. The van der Waals surface area contributed by atoms with Crippen LogP contribution < -0.4 is 10.1 Å². The predicted octanol–water partition coefficient (Wildman–Crippen LogP) is 0.730. The van der Waals surface area contributed by atoms with Gasteiger partial charge in [-0.1, -0.05) is 12.1 Å². The molecule has 1 heterocycles. The average Bonchev–Trinajstić information content (AvgIpc) is 2.48. The molecule has 0 bridgehead atoms. The van der Waals surface area contributed by atoms with Gasteiger partial charge >= 0.3 is 0 Å². The molecule has 1 aliphatic rings. The van der Waals surface area contributed by atoms with Crippen molar-refractivity contribution in [1.29, 1.82) is 0 Å². The molecule has 1 amide bonds. The number of ether oxygens (including phenoxy) is 1. The lowest BCUT2D eigenvalue weighted by atomic mass is 10.0. The van der Waals surface area contributed by atoms with E-state index in [9.17, 15) is 4.79 Å². The standard InChI is InChI=1S/C15H23N3O2/c1-17(2)14(12-4-6-13(20-3)7-5-12)15(19)18-10-8-16-9-11-18/h4-7,14,16H,8-11H2,1-3H3. The van der Waals surface area contributed by atoms with Crippen LogP contribution in [0.25, 0.3) is 0 Å². The Morgan fingerprint density at radius 3 is 2.35 bits per heavy atom. The van der Waals surface area contributed by atoms with Gasteiger partial charge in [0.1, 0.15) is 11.8 Å². The van der Waals surface area contributed by atoms with E-state index in [1.807, 2.05) is 48.2 Å². The van der Waals surface area contributed by atoms with Crippen molar-refractivity contribution in [2.45, 2.75) is 6.04 Å². The number of nitrogens with one attached hydrogen (secondary N) is 1. The van der Waals surface area contributed by atoms with Crippen molar-refractivity contribution in [2.24, 2.45) is 0 Å². The van der Waals surface area contributed by atoms with Crippen molar-refractivity contribution in [3.8, 4) is 5.75 Å². The highest BCUT2D eigenvalue weighted by atomic mass is 16.5. The van der Waals surface area contributed by atoms with E-state index < -0.39 is 0 Å². The number of hydrogen-bond acceptors (Lipinski definition) is 4. The molecule has 0 aliphatic carbocycles. The molecule has 0 spiro atoms. The van der Waals surface area contributed by atoms with Crippen molar-refractivity contribution < 1.29 is 9.53 Å². The first-order valence-corrected chi connectivity index (χ1v) is 6.93. The summed E-state index contributed by atoms with van der Waals surface area (Å²) < 4.78 is 5.17. The fourth-order valence-electron chi connectivity index (χ4n) is 2.51. The number of rotatable bonds is 4. The largest absolute Gasteiger partial charge is 0.497 e. The van der Waals surface area contributed by atoms with Crippen LogP contribution in [0.4, 0.5) is 0 Å². The minimum absolute atomic E-state index is 0.168. The molecule has 20 heavy (non-hydrogen) atoms. The van der Waals surface area contributed by atoms with Crippen LogP contribution in [0.2, 0.25) is 0 Å². The summed E-state index contributed by atoms with van der Waals surface area (Å²) in [6.07, 6.45) is 0. The molecular formula is C15H23N3O2. The summed E-state index contributed by atoms with van der Waals surface area (Å²) in [4.78, 5) is 16.6. The van der Waals surface area contributed by atoms with Crippen molar-refractivity contribution >= 4 is 5.91 Å². The highest BCUT2D eigenvalue weighted by molar-refractivity contribution is 5.83. The molecule has 2 rings (SSSR count). The molecule has 0 aromatic heterocycles. The Morgan fingerprint density at radius 1 is 1.25 bits per heavy atom. The number of nitrogens with zero attached hydrogens (tertiary/aromatic N) is 2. The number of carbonyl (C=O) groups is 1. The molecule has 1 aromatic carbocycles. The quantitative estimate of drug-likeness (QED) is 0.881. The maximum Gasteiger partial charge on any atom is 0.244 e. The van der Waals surface area contributed by atoms with Crippen LogP contribution in [0.3, 0.4) is 0 Å². The normalized spacial score (nSPS) is 17.1. The first-order valence-electron chi connectivity index (χ1n) is 6.93. The van der Waals surface area contributed by atoms with Gasteiger partial charge in [0.2, 0.25) is 5.91 Å². The molecule has 1 fully saturated rings. The van der Waals surface area contributed by atoms with Crippen molar-refractivity contribution in [1.82, 2.24) is 15.1 Å². The Balaban J connectivity index is 2.18. The third kappa shape index (κ3) is 3.29. The summed E-state index contributed by atoms with van der Waals surface area (Å²) in [6.45, 7) is 3.29. The van der Waals surface area contributed by atoms with Crippen LogP contribution >= 0.6 is 0 Å². The fraction of sp³-hybridized carbons (Fsp3) is 0.533. The van der Waals surface area contributed by atoms with Crippen LogP contribution in [0.1, 0.15) is 11.6 Å². The molecule has 5 heteroatoms. The molecule has 1 aromatic rings. The van der Waals surface area contributed by atoms with Gasteiger partial charge in [0, 0.05) is 26.2 Å². The lowest BCUT2D eigenvalue weighted by molar-refractivity contribution is -0.136. The minimum atomic E-state index is -0.237. The Kier molecular flexibility index (Phi) is 4.98. The van der Waals surface area contributed by atoms with Crippen LogP contribution in [0.5, 0.6) is 5.75 Å². The van der Waals surface area contributed by atoms with E-state index >= 15 is 0 Å². The summed E-state index contributed by atoms with van der Waals surface area (Å²) in [5, 5.41) is 3.27. The number of hydrogen-bond donors (Lipinski definition) is 1. The summed E-state index contributed by atoms with van der Waals surface area (Å²) in [7, 11) is 5.52. The number of likely N-dealkylation sites (N-methyl/N-ethyl adjacent to an activating group) is 1. The highest BCUT2D eigenvalue weighted by Gasteiger charge is 2.28. The molecule has 1 unspecified atom stereocenters. The zero-order valence-electron chi connectivity index (χ0n) is 12.4. The summed E-state index contributed by atoms with van der Waals surface area (Å²) >= 11 is 0. The van der Waals surface area contributed by atoms with Gasteiger partial charge in [0.15, 0.2) is 0 Å². The monoisotopic (exact) mass is 277 g/mol.